The largest absolute Gasteiger partial charge is 0.298 e. The van der Waals surface area contributed by atoms with Gasteiger partial charge in [0, 0.05) is 6.20 Å². The van der Waals surface area contributed by atoms with Gasteiger partial charge in [-0.3, -0.25) is 9.48 Å². The molecule has 0 aromatic carbocycles. The first kappa shape index (κ1) is 9.56. The number of rotatable bonds is 3. The van der Waals surface area contributed by atoms with Crippen LogP contribution in [-0.4, -0.2) is 22.5 Å². The van der Waals surface area contributed by atoms with Crippen molar-refractivity contribution in [3.63, 3.8) is 0 Å². The van der Waals surface area contributed by atoms with Crippen molar-refractivity contribution in [3.8, 4) is 0 Å². The smallest absolute Gasteiger partial charge is 0.257 e. The van der Waals surface area contributed by atoms with E-state index in [9.17, 15) is 13.6 Å². The van der Waals surface area contributed by atoms with Gasteiger partial charge in [0.25, 0.3) is 6.43 Å². The minimum absolute atomic E-state index is 0.344. The molecule has 6 heteroatoms. The van der Waals surface area contributed by atoms with Crippen LogP contribution in [0.5, 0.6) is 0 Å². The van der Waals surface area contributed by atoms with Crippen LogP contribution in [0.4, 0.5) is 8.78 Å². The zero-order valence-corrected chi connectivity index (χ0v) is 8.03. The fourth-order valence-electron chi connectivity index (χ4n) is 0.727. The zero-order valence-electron chi connectivity index (χ0n) is 5.88. The summed E-state index contributed by atoms with van der Waals surface area (Å²) < 4.78 is 25.1. The molecule has 0 atom stereocenters. The number of alkyl halides is 2. The van der Waals surface area contributed by atoms with Gasteiger partial charge in [-0.25, -0.2) is 8.78 Å². The van der Waals surface area contributed by atoms with Crippen molar-refractivity contribution < 1.29 is 13.6 Å². The Morgan fingerprint density at radius 3 is 2.83 bits per heavy atom. The second kappa shape index (κ2) is 3.92. The molecule has 0 saturated heterocycles. The van der Waals surface area contributed by atoms with Gasteiger partial charge in [0.05, 0.1) is 5.56 Å². The molecule has 0 unspecified atom stereocenters. The topological polar surface area (TPSA) is 34.9 Å². The van der Waals surface area contributed by atoms with Gasteiger partial charge < -0.3 is 0 Å². The molecule has 1 aromatic heterocycles. The molecule has 0 aliphatic heterocycles. The standard InChI is InChI=1S/C6H5F2IN2O/c7-5(8)2-11-1-4(3-12)6(9)10-11/h1,3,5H,2H2. The van der Waals surface area contributed by atoms with Crippen molar-refractivity contribution in [2.45, 2.75) is 13.0 Å². The monoisotopic (exact) mass is 286 g/mol. The van der Waals surface area contributed by atoms with E-state index in [2.05, 4.69) is 5.10 Å². The summed E-state index contributed by atoms with van der Waals surface area (Å²) in [5, 5.41) is 3.71. The Kier molecular flexibility index (Phi) is 3.12. The van der Waals surface area contributed by atoms with E-state index < -0.39 is 13.0 Å². The lowest BCUT2D eigenvalue weighted by atomic mass is 10.4. The third-order valence-electron chi connectivity index (χ3n) is 1.19. The van der Waals surface area contributed by atoms with E-state index in [4.69, 9.17) is 0 Å². The zero-order chi connectivity index (χ0) is 9.14. The van der Waals surface area contributed by atoms with Crippen molar-refractivity contribution in [1.29, 1.82) is 0 Å². The van der Waals surface area contributed by atoms with Crippen molar-refractivity contribution in [3.05, 3.63) is 15.5 Å². The number of aldehydes is 1. The van der Waals surface area contributed by atoms with Gasteiger partial charge in [-0.2, -0.15) is 5.10 Å². The number of hydrogen-bond acceptors (Lipinski definition) is 2. The molecule has 0 N–H and O–H groups in total. The summed E-state index contributed by atoms with van der Waals surface area (Å²) in [6.07, 6.45) is -0.544. The maximum atomic E-state index is 11.8. The quantitative estimate of drug-likeness (QED) is 0.624. The highest BCUT2D eigenvalue weighted by atomic mass is 127. The molecule has 0 aliphatic carbocycles. The maximum absolute atomic E-state index is 11.8. The molecule has 66 valence electrons. The number of aromatic nitrogens is 2. The Morgan fingerprint density at radius 1 is 1.75 bits per heavy atom. The molecule has 0 spiro atoms. The summed E-state index contributed by atoms with van der Waals surface area (Å²) in [5.41, 5.74) is 0.344. The van der Waals surface area contributed by atoms with E-state index in [1.165, 1.54) is 6.20 Å². The molecule has 0 aliphatic rings. The van der Waals surface area contributed by atoms with Crippen LogP contribution in [-0.2, 0) is 6.54 Å². The Morgan fingerprint density at radius 2 is 2.42 bits per heavy atom. The van der Waals surface area contributed by atoms with E-state index in [1.807, 2.05) is 22.6 Å². The van der Waals surface area contributed by atoms with Gasteiger partial charge in [0.2, 0.25) is 0 Å². The summed E-state index contributed by atoms with van der Waals surface area (Å²) in [7, 11) is 0. The highest BCUT2D eigenvalue weighted by molar-refractivity contribution is 14.1. The van der Waals surface area contributed by atoms with Crippen molar-refractivity contribution in [1.82, 2.24) is 9.78 Å². The lowest BCUT2D eigenvalue weighted by Gasteiger charge is -1.96. The van der Waals surface area contributed by atoms with Crippen LogP contribution < -0.4 is 0 Å². The number of hydrogen-bond donors (Lipinski definition) is 0. The molecular formula is C6H5F2IN2O. The third-order valence-corrected chi connectivity index (χ3v) is 2.03. The molecule has 0 amide bonds. The van der Waals surface area contributed by atoms with E-state index in [1.54, 1.807) is 0 Å². The summed E-state index contributed by atoms with van der Waals surface area (Å²) in [6, 6.07) is 0. The Hall–Kier alpha value is -0.530. The lowest BCUT2D eigenvalue weighted by molar-refractivity contribution is 0.111. The predicted octanol–water partition coefficient (Wildman–Crippen LogP) is 1.57. The van der Waals surface area contributed by atoms with Crippen LogP contribution in [0.1, 0.15) is 10.4 Å². The fourth-order valence-corrected chi connectivity index (χ4v) is 1.27. The van der Waals surface area contributed by atoms with Crippen molar-refractivity contribution >= 4 is 28.9 Å². The van der Waals surface area contributed by atoms with Crippen LogP contribution in [0.2, 0.25) is 0 Å². The number of halogens is 3. The SMILES string of the molecule is O=Cc1cn(CC(F)F)nc1I. The Labute approximate surface area is 80.9 Å². The highest BCUT2D eigenvalue weighted by Gasteiger charge is 2.08. The second-order valence-corrected chi connectivity index (χ2v) is 3.13. The van der Waals surface area contributed by atoms with Gasteiger partial charge in [0.1, 0.15) is 10.2 Å². The molecule has 0 bridgehead atoms. The van der Waals surface area contributed by atoms with E-state index in [0.717, 1.165) is 4.68 Å². The lowest BCUT2D eigenvalue weighted by Crippen LogP contribution is -2.06. The molecule has 1 heterocycles. The van der Waals surface area contributed by atoms with E-state index in [-0.39, 0.29) is 0 Å². The second-order valence-electron chi connectivity index (χ2n) is 2.11. The Bertz CT molecular complexity index is 287. The predicted molar refractivity (Wildman–Crippen MR) is 46.3 cm³/mol. The first-order chi connectivity index (χ1) is 5.63. The van der Waals surface area contributed by atoms with Gasteiger partial charge in [-0.05, 0) is 22.6 Å². The molecule has 12 heavy (non-hydrogen) atoms. The minimum Gasteiger partial charge on any atom is -0.298 e. The summed E-state index contributed by atoms with van der Waals surface area (Å²) in [5.74, 6) is 0. The summed E-state index contributed by atoms with van der Waals surface area (Å²) in [6.45, 7) is -0.468. The first-order valence-electron chi connectivity index (χ1n) is 3.09. The van der Waals surface area contributed by atoms with Crippen LogP contribution in [0.15, 0.2) is 6.20 Å². The van der Waals surface area contributed by atoms with E-state index >= 15 is 0 Å². The average molecular weight is 286 g/mol. The Balaban J connectivity index is 2.82. The third kappa shape index (κ3) is 2.23. The van der Waals surface area contributed by atoms with Crippen LogP contribution >= 0.6 is 22.6 Å². The van der Waals surface area contributed by atoms with Crippen LogP contribution in [0.3, 0.4) is 0 Å². The number of carbonyl (C=O) groups excluding carboxylic acids is 1. The average Bonchev–Trinajstić information content (AvgIpc) is 2.29. The molecule has 1 rings (SSSR count). The normalized spacial score (nSPS) is 10.7. The first-order valence-corrected chi connectivity index (χ1v) is 4.17. The highest BCUT2D eigenvalue weighted by Crippen LogP contribution is 2.08. The van der Waals surface area contributed by atoms with Crippen molar-refractivity contribution in [2.24, 2.45) is 0 Å². The molecule has 3 nitrogen and oxygen atoms in total. The molecule has 0 fully saturated rings. The summed E-state index contributed by atoms with van der Waals surface area (Å²) in [4.78, 5) is 10.3. The van der Waals surface area contributed by atoms with Crippen LogP contribution in [0.25, 0.3) is 0 Å². The number of nitrogens with zero attached hydrogens (tertiary/aromatic N) is 2. The van der Waals surface area contributed by atoms with Crippen molar-refractivity contribution in [2.75, 3.05) is 0 Å². The van der Waals surface area contributed by atoms with Crippen LogP contribution in [0, 0.1) is 3.70 Å². The fraction of sp³-hybridized carbons (Fsp3) is 0.333. The molecule has 0 saturated carbocycles. The van der Waals surface area contributed by atoms with Gasteiger partial charge in [0.15, 0.2) is 6.29 Å². The number of carbonyl (C=O) groups is 1. The van der Waals surface area contributed by atoms with Gasteiger partial charge in [-0.1, -0.05) is 0 Å². The summed E-state index contributed by atoms with van der Waals surface area (Å²) >= 11 is 1.82. The minimum atomic E-state index is -2.44. The molecule has 0 radical (unpaired) electrons. The molecule has 1 aromatic rings. The van der Waals surface area contributed by atoms with Gasteiger partial charge in [-0.15, -0.1) is 0 Å². The van der Waals surface area contributed by atoms with Gasteiger partial charge >= 0.3 is 0 Å². The molecular weight excluding hydrogens is 281 g/mol. The van der Waals surface area contributed by atoms with E-state index in [0.29, 0.717) is 15.6 Å². The maximum Gasteiger partial charge on any atom is 0.257 e.